The van der Waals surface area contributed by atoms with Crippen molar-refractivity contribution in [2.45, 2.75) is 19.5 Å². The lowest BCUT2D eigenvalue weighted by Gasteiger charge is -2.13. The summed E-state index contributed by atoms with van der Waals surface area (Å²) in [5, 5.41) is 17.7. The standard InChI is InChI=1S/C18H17N5S/c1-13(17-8-5-9-24-17)19-11-15-10-16(14-6-3-2-4-7-14)12-23-18(15)20-21-22-23/h2-10,12-13,19H,11H2,1H3. The highest BCUT2D eigenvalue weighted by atomic mass is 32.1. The Morgan fingerprint density at radius 2 is 2.00 bits per heavy atom. The predicted molar refractivity (Wildman–Crippen MR) is 95.8 cm³/mol. The van der Waals surface area contributed by atoms with E-state index < -0.39 is 0 Å². The lowest BCUT2D eigenvalue weighted by atomic mass is 10.1. The van der Waals surface area contributed by atoms with Crippen LogP contribution in [0.5, 0.6) is 0 Å². The monoisotopic (exact) mass is 335 g/mol. The van der Waals surface area contributed by atoms with E-state index in [1.54, 1.807) is 15.9 Å². The third kappa shape index (κ3) is 2.93. The number of fused-ring (bicyclic) bond motifs is 1. The molecule has 0 amide bonds. The molecule has 0 aliphatic rings. The van der Waals surface area contributed by atoms with Gasteiger partial charge in [0.15, 0.2) is 5.65 Å². The maximum absolute atomic E-state index is 4.16. The first-order valence-corrected chi connectivity index (χ1v) is 8.72. The minimum Gasteiger partial charge on any atom is -0.305 e. The second kappa shape index (κ2) is 6.51. The van der Waals surface area contributed by atoms with E-state index in [4.69, 9.17) is 0 Å². The molecule has 3 heterocycles. The number of nitrogens with zero attached hydrogens (tertiary/aromatic N) is 4. The molecule has 120 valence electrons. The smallest absolute Gasteiger partial charge is 0.183 e. The van der Waals surface area contributed by atoms with E-state index in [0.717, 1.165) is 22.3 Å². The van der Waals surface area contributed by atoms with Crippen LogP contribution in [0.3, 0.4) is 0 Å². The van der Waals surface area contributed by atoms with Crippen LogP contribution in [0.25, 0.3) is 16.8 Å². The Bertz CT molecular complexity index is 931. The zero-order chi connectivity index (χ0) is 16.4. The summed E-state index contributed by atoms with van der Waals surface area (Å²) >= 11 is 1.76. The fraction of sp³-hybridized carbons (Fsp3) is 0.167. The summed E-state index contributed by atoms with van der Waals surface area (Å²) in [5.74, 6) is 0. The first kappa shape index (κ1) is 15.0. The molecule has 0 fully saturated rings. The molecule has 4 aromatic rings. The molecule has 1 atom stereocenters. The minimum absolute atomic E-state index is 0.293. The minimum atomic E-state index is 0.293. The van der Waals surface area contributed by atoms with Crippen molar-refractivity contribution < 1.29 is 0 Å². The van der Waals surface area contributed by atoms with Crippen LogP contribution in [0.15, 0.2) is 60.1 Å². The molecule has 0 spiro atoms. The lowest BCUT2D eigenvalue weighted by molar-refractivity contribution is 0.583. The molecule has 0 saturated heterocycles. The summed E-state index contributed by atoms with van der Waals surface area (Å²) in [7, 11) is 0. The Morgan fingerprint density at radius 1 is 1.12 bits per heavy atom. The highest BCUT2D eigenvalue weighted by Crippen LogP contribution is 2.23. The van der Waals surface area contributed by atoms with Crippen molar-refractivity contribution in [3.8, 4) is 11.1 Å². The summed E-state index contributed by atoms with van der Waals surface area (Å²) < 4.78 is 1.75. The third-order valence-corrected chi connectivity index (χ3v) is 5.10. The third-order valence-electron chi connectivity index (χ3n) is 4.05. The number of rotatable bonds is 5. The van der Waals surface area contributed by atoms with Gasteiger partial charge in [0.25, 0.3) is 0 Å². The van der Waals surface area contributed by atoms with Crippen LogP contribution in [0.2, 0.25) is 0 Å². The van der Waals surface area contributed by atoms with Crippen LogP contribution in [0, 0.1) is 0 Å². The van der Waals surface area contributed by atoms with Gasteiger partial charge in [-0.05, 0) is 40.4 Å². The van der Waals surface area contributed by atoms with E-state index in [1.807, 2.05) is 24.4 Å². The van der Waals surface area contributed by atoms with Gasteiger partial charge in [0, 0.05) is 34.8 Å². The molecule has 0 saturated carbocycles. The van der Waals surface area contributed by atoms with Gasteiger partial charge >= 0.3 is 0 Å². The van der Waals surface area contributed by atoms with E-state index in [2.05, 4.69) is 63.5 Å². The lowest BCUT2D eigenvalue weighted by Crippen LogP contribution is -2.18. The van der Waals surface area contributed by atoms with E-state index in [-0.39, 0.29) is 0 Å². The molecule has 24 heavy (non-hydrogen) atoms. The first-order chi connectivity index (χ1) is 11.8. The maximum atomic E-state index is 4.16. The SMILES string of the molecule is CC(NCc1cc(-c2ccccc2)cn2nnnc12)c1cccs1. The van der Waals surface area contributed by atoms with Gasteiger partial charge in [-0.2, -0.15) is 4.52 Å². The van der Waals surface area contributed by atoms with Crippen molar-refractivity contribution in [3.63, 3.8) is 0 Å². The number of thiophene rings is 1. The molecule has 0 aliphatic heterocycles. The highest BCUT2D eigenvalue weighted by Gasteiger charge is 2.11. The van der Waals surface area contributed by atoms with Crippen molar-refractivity contribution in [2.24, 2.45) is 0 Å². The number of aromatic nitrogens is 4. The van der Waals surface area contributed by atoms with E-state index in [9.17, 15) is 0 Å². The number of hydrogen-bond donors (Lipinski definition) is 1. The Balaban J connectivity index is 1.65. The largest absolute Gasteiger partial charge is 0.305 e. The van der Waals surface area contributed by atoms with Gasteiger partial charge in [-0.25, -0.2) is 0 Å². The van der Waals surface area contributed by atoms with Crippen LogP contribution in [0.1, 0.15) is 23.4 Å². The molecular formula is C18H17N5S. The van der Waals surface area contributed by atoms with Crippen molar-refractivity contribution >= 4 is 17.0 Å². The van der Waals surface area contributed by atoms with Crippen molar-refractivity contribution in [1.82, 2.24) is 25.4 Å². The molecule has 6 heteroatoms. The predicted octanol–water partition coefficient (Wildman–Crippen LogP) is 3.70. The van der Waals surface area contributed by atoms with Gasteiger partial charge in [-0.1, -0.05) is 36.4 Å². The molecule has 1 N–H and O–H groups in total. The van der Waals surface area contributed by atoms with Gasteiger partial charge in [-0.15, -0.1) is 16.4 Å². The second-order valence-electron chi connectivity index (χ2n) is 5.69. The number of nitrogens with one attached hydrogen (secondary N) is 1. The fourth-order valence-electron chi connectivity index (χ4n) is 2.73. The number of pyridine rings is 1. The quantitative estimate of drug-likeness (QED) is 0.604. The average Bonchev–Trinajstić information content (AvgIpc) is 3.31. The highest BCUT2D eigenvalue weighted by molar-refractivity contribution is 7.10. The second-order valence-corrected chi connectivity index (χ2v) is 6.66. The van der Waals surface area contributed by atoms with E-state index in [1.165, 1.54) is 4.88 Å². The van der Waals surface area contributed by atoms with E-state index >= 15 is 0 Å². The zero-order valence-corrected chi connectivity index (χ0v) is 14.1. The number of hydrogen-bond acceptors (Lipinski definition) is 5. The molecular weight excluding hydrogens is 318 g/mol. The summed E-state index contributed by atoms with van der Waals surface area (Å²) in [5.41, 5.74) is 4.14. The summed E-state index contributed by atoms with van der Waals surface area (Å²) in [6.07, 6.45) is 1.97. The Kier molecular flexibility index (Phi) is 4.06. The Morgan fingerprint density at radius 3 is 2.79 bits per heavy atom. The van der Waals surface area contributed by atoms with Crippen LogP contribution in [0.4, 0.5) is 0 Å². The van der Waals surface area contributed by atoms with E-state index in [0.29, 0.717) is 12.6 Å². The summed E-state index contributed by atoms with van der Waals surface area (Å²) in [4.78, 5) is 1.32. The normalized spacial score (nSPS) is 12.5. The molecule has 1 aromatic carbocycles. The Labute approximate surface area is 144 Å². The molecule has 5 nitrogen and oxygen atoms in total. The first-order valence-electron chi connectivity index (χ1n) is 7.84. The average molecular weight is 335 g/mol. The topological polar surface area (TPSA) is 55.1 Å². The van der Waals surface area contributed by atoms with Crippen molar-refractivity contribution in [2.75, 3.05) is 0 Å². The molecule has 1 unspecified atom stereocenters. The van der Waals surface area contributed by atoms with Gasteiger partial charge in [0.2, 0.25) is 0 Å². The molecule has 4 rings (SSSR count). The molecule has 0 radical (unpaired) electrons. The van der Waals surface area contributed by atoms with Gasteiger partial charge < -0.3 is 5.32 Å². The maximum Gasteiger partial charge on any atom is 0.183 e. The fourth-order valence-corrected chi connectivity index (χ4v) is 3.49. The van der Waals surface area contributed by atoms with Crippen molar-refractivity contribution in [1.29, 1.82) is 0 Å². The summed E-state index contributed by atoms with van der Waals surface area (Å²) in [6.45, 7) is 2.88. The van der Waals surface area contributed by atoms with Gasteiger partial charge in [-0.3, -0.25) is 0 Å². The molecule has 0 bridgehead atoms. The molecule has 3 aromatic heterocycles. The zero-order valence-electron chi connectivity index (χ0n) is 13.3. The summed E-state index contributed by atoms with van der Waals surface area (Å²) in [6, 6.07) is 17.0. The van der Waals surface area contributed by atoms with Crippen LogP contribution >= 0.6 is 11.3 Å². The van der Waals surface area contributed by atoms with Crippen LogP contribution in [-0.4, -0.2) is 20.0 Å². The van der Waals surface area contributed by atoms with Gasteiger partial charge in [0.1, 0.15) is 0 Å². The Hall–Kier alpha value is -2.57. The van der Waals surface area contributed by atoms with Gasteiger partial charge in [0.05, 0.1) is 0 Å². The van der Waals surface area contributed by atoms with Crippen LogP contribution in [-0.2, 0) is 6.54 Å². The molecule has 0 aliphatic carbocycles. The number of tetrazole rings is 1. The number of benzene rings is 1. The van der Waals surface area contributed by atoms with Crippen LogP contribution < -0.4 is 5.32 Å². The van der Waals surface area contributed by atoms with Crippen molar-refractivity contribution in [3.05, 3.63) is 70.5 Å².